The minimum absolute atomic E-state index is 0.815. The van der Waals surface area contributed by atoms with Crippen molar-refractivity contribution >= 4 is 10.6 Å². The maximum absolute atomic E-state index is 8.84. The van der Waals surface area contributed by atoms with Crippen LogP contribution in [0.1, 0.15) is 6.42 Å². The Bertz CT molecular complexity index is 123. The summed E-state index contributed by atoms with van der Waals surface area (Å²) in [5.74, 6) is 0. The molecular formula is C5H8O2S. The van der Waals surface area contributed by atoms with Gasteiger partial charge in [-0.2, -0.15) is 10.6 Å². The molecule has 3 heteroatoms. The lowest BCUT2D eigenvalue weighted by molar-refractivity contribution is 0.510. The normalized spacial score (nSPS) is 27.8. The molecule has 8 heavy (non-hydrogen) atoms. The number of rotatable bonds is 0. The van der Waals surface area contributed by atoms with Crippen molar-refractivity contribution in [3.8, 4) is 0 Å². The molecule has 1 rings (SSSR count). The van der Waals surface area contributed by atoms with Gasteiger partial charge in [-0.1, -0.05) is 12.2 Å². The molecule has 0 atom stereocenters. The summed E-state index contributed by atoms with van der Waals surface area (Å²) in [4.78, 5) is 0. The summed E-state index contributed by atoms with van der Waals surface area (Å²) in [6.45, 7) is 0. The Kier molecular flexibility index (Phi) is 1.42. The van der Waals surface area contributed by atoms with Gasteiger partial charge in [-0.15, -0.1) is 0 Å². The lowest BCUT2D eigenvalue weighted by atomic mass is 10.4. The molecule has 2 N–H and O–H groups in total. The molecule has 0 amide bonds. The van der Waals surface area contributed by atoms with Crippen molar-refractivity contribution in [1.82, 2.24) is 0 Å². The van der Waals surface area contributed by atoms with Crippen LogP contribution in [0.15, 0.2) is 23.0 Å². The Morgan fingerprint density at radius 1 is 1.12 bits per heavy atom. The van der Waals surface area contributed by atoms with Crippen molar-refractivity contribution in [1.29, 1.82) is 0 Å². The van der Waals surface area contributed by atoms with E-state index in [4.69, 9.17) is 9.11 Å². The van der Waals surface area contributed by atoms with Crippen molar-refractivity contribution in [3.63, 3.8) is 0 Å². The zero-order valence-corrected chi connectivity index (χ0v) is 5.14. The third kappa shape index (κ3) is 1.36. The predicted octanol–water partition coefficient (Wildman–Crippen LogP) is 2.17. The fraction of sp³-hybridized carbons (Fsp3) is 0.200. The second kappa shape index (κ2) is 1.93. The summed E-state index contributed by atoms with van der Waals surface area (Å²) in [5, 5.41) is 2.88. The SMILES string of the molecule is OS1(O)C=CCC=C1. The highest BCUT2D eigenvalue weighted by atomic mass is 32.3. The Morgan fingerprint density at radius 2 is 1.62 bits per heavy atom. The first-order valence-corrected chi connectivity index (χ1v) is 3.99. The fourth-order valence-corrected chi connectivity index (χ4v) is 1.40. The predicted molar refractivity (Wildman–Crippen MR) is 35.7 cm³/mol. The van der Waals surface area contributed by atoms with Gasteiger partial charge >= 0.3 is 0 Å². The van der Waals surface area contributed by atoms with Crippen LogP contribution < -0.4 is 0 Å². The van der Waals surface area contributed by atoms with Gasteiger partial charge in [0, 0.05) is 10.8 Å². The number of allylic oxidation sites excluding steroid dienone is 2. The van der Waals surface area contributed by atoms with Crippen LogP contribution in [-0.4, -0.2) is 9.11 Å². The lowest BCUT2D eigenvalue weighted by Crippen LogP contribution is -1.88. The Hall–Kier alpha value is -0.250. The summed E-state index contributed by atoms with van der Waals surface area (Å²) in [7, 11) is -2.44. The molecule has 0 aromatic carbocycles. The molecule has 1 aliphatic heterocycles. The van der Waals surface area contributed by atoms with Gasteiger partial charge in [-0.25, -0.2) is 0 Å². The van der Waals surface area contributed by atoms with Gasteiger partial charge in [-0.3, -0.25) is 9.11 Å². The van der Waals surface area contributed by atoms with Crippen LogP contribution in [0.25, 0.3) is 0 Å². The summed E-state index contributed by atoms with van der Waals surface area (Å²) in [5.41, 5.74) is 0. The fourth-order valence-electron chi connectivity index (χ4n) is 0.518. The average molecular weight is 132 g/mol. The topological polar surface area (TPSA) is 40.5 Å². The third-order valence-electron chi connectivity index (χ3n) is 0.865. The molecule has 0 saturated carbocycles. The maximum Gasteiger partial charge on any atom is 0.0231 e. The second-order valence-electron chi connectivity index (χ2n) is 1.62. The van der Waals surface area contributed by atoms with E-state index in [9.17, 15) is 0 Å². The van der Waals surface area contributed by atoms with Crippen LogP contribution in [0.4, 0.5) is 0 Å². The third-order valence-corrected chi connectivity index (χ3v) is 2.05. The quantitative estimate of drug-likeness (QED) is 0.530. The first kappa shape index (κ1) is 5.88. The molecule has 0 unspecified atom stereocenters. The highest BCUT2D eigenvalue weighted by Gasteiger charge is 2.02. The molecule has 0 fully saturated rings. The summed E-state index contributed by atoms with van der Waals surface area (Å²) in [6.07, 6.45) is 4.31. The number of hydrogen-bond acceptors (Lipinski definition) is 2. The van der Waals surface area contributed by atoms with E-state index in [0.717, 1.165) is 6.42 Å². The van der Waals surface area contributed by atoms with Crippen LogP contribution in [0.5, 0.6) is 0 Å². The van der Waals surface area contributed by atoms with Crippen molar-refractivity contribution < 1.29 is 9.11 Å². The molecule has 0 bridgehead atoms. The van der Waals surface area contributed by atoms with Crippen molar-refractivity contribution in [2.75, 3.05) is 0 Å². The molecule has 0 aromatic rings. The molecule has 46 valence electrons. The summed E-state index contributed by atoms with van der Waals surface area (Å²) in [6, 6.07) is 0. The molecule has 0 aliphatic carbocycles. The van der Waals surface area contributed by atoms with E-state index < -0.39 is 10.6 Å². The van der Waals surface area contributed by atoms with E-state index >= 15 is 0 Å². The van der Waals surface area contributed by atoms with Crippen LogP contribution in [0, 0.1) is 0 Å². The first-order valence-electron chi connectivity index (χ1n) is 2.32. The highest BCUT2D eigenvalue weighted by molar-refractivity contribution is 8.29. The van der Waals surface area contributed by atoms with Crippen molar-refractivity contribution in [2.45, 2.75) is 6.42 Å². The Morgan fingerprint density at radius 3 is 1.88 bits per heavy atom. The van der Waals surface area contributed by atoms with Crippen LogP contribution in [0.3, 0.4) is 0 Å². The Balaban J connectivity index is 2.69. The van der Waals surface area contributed by atoms with E-state index in [0.29, 0.717) is 0 Å². The van der Waals surface area contributed by atoms with Gasteiger partial charge < -0.3 is 0 Å². The van der Waals surface area contributed by atoms with Gasteiger partial charge in [0.05, 0.1) is 0 Å². The minimum atomic E-state index is -2.44. The van der Waals surface area contributed by atoms with E-state index in [1.165, 1.54) is 10.8 Å². The molecule has 0 spiro atoms. The van der Waals surface area contributed by atoms with Crippen LogP contribution in [-0.2, 0) is 0 Å². The van der Waals surface area contributed by atoms with Crippen LogP contribution >= 0.6 is 10.6 Å². The van der Waals surface area contributed by atoms with E-state index in [-0.39, 0.29) is 0 Å². The molecule has 0 aromatic heterocycles. The standard InChI is InChI=1S/C5H8O2S/c6-8(7)4-2-1-3-5-8/h2-7H,1H2. The zero-order chi connectivity index (χ0) is 6.04. The molecule has 1 aliphatic rings. The molecule has 0 saturated heterocycles. The maximum atomic E-state index is 8.84. The summed E-state index contributed by atoms with van der Waals surface area (Å²) < 4.78 is 17.7. The minimum Gasteiger partial charge on any atom is -0.291 e. The average Bonchev–Trinajstić information content (AvgIpc) is 1.65. The van der Waals surface area contributed by atoms with E-state index in [2.05, 4.69) is 0 Å². The molecule has 2 nitrogen and oxygen atoms in total. The second-order valence-corrected chi connectivity index (χ2v) is 3.44. The van der Waals surface area contributed by atoms with E-state index in [1.807, 2.05) is 0 Å². The molecular weight excluding hydrogens is 124 g/mol. The smallest absolute Gasteiger partial charge is 0.0231 e. The van der Waals surface area contributed by atoms with Gasteiger partial charge in [0.15, 0.2) is 0 Å². The van der Waals surface area contributed by atoms with Crippen molar-refractivity contribution in [2.24, 2.45) is 0 Å². The number of hydrogen-bond donors (Lipinski definition) is 2. The van der Waals surface area contributed by atoms with E-state index in [1.54, 1.807) is 12.2 Å². The lowest BCUT2D eigenvalue weighted by Gasteiger charge is -2.24. The Labute approximate surface area is 49.9 Å². The van der Waals surface area contributed by atoms with Gasteiger partial charge in [-0.05, 0) is 6.42 Å². The first-order chi connectivity index (χ1) is 3.71. The monoisotopic (exact) mass is 132 g/mol. The van der Waals surface area contributed by atoms with Crippen molar-refractivity contribution in [3.05, 3.63) is 23.0 Å². The zero-order valence-electron chi connectivity index (χ0n) is 4.32. The van der Waals surface area contributed by atoms with Gasteiger partial charge in [0.1, 0.15) is 0 Å². The summed E-state index contributed by atoms with van der Waals surface area (Å²) >= 11 is 0. The van der Waals surface area contributed by atoms with Crippen LogP contribution in [0.2, 0.25) is 0 Å². The molecule has 0 radical (unpaired) electrons. The largest absolute Gasteiger partial charge is 0.291 e. The van der Waals surface area contributed by atoms with Gasteiger partial charge in [0.25, 0.3) is 0 Å². The molecule has 1 heterocycles. The van der Waals surface area contributed by atoms with Gasteiger partial charge in [0.2, 0.25) is 0 Å². The highest BCUT2D eigenvalue weighted by Crippen LogP contribution is 2.43.